The molecule has 6 nitrogen and oxygen atoms in total. The topological polar surface area (TPSA) is 89.7 Å². The van der Waals surface area contributed by atoms with E-state index in [1.807, 2.05) is 6.07 Å². The van der Waals surface area contributed by atoms with Crippen LogP contribution in [0.15, 0.2) is 23.1 Å². The van der Waals surface area contributed by atoms with E-state index in [2.05, 4.69) is 0 Å². The smallest absolute Gasteiger partial charge is 0.244 e. The monoisotopic (exact) mass is 338 g/mol. The molecule has 0 aromatic heterocycles. The Balaban J connectivity index is 2.03. The van der Waals surface area contributed by atoms with E-state index in [1.165, 1.54) is 17.0 Å². The van der Waals surface area contributed by atoms with Gasteiger partial charge in [0.05, 0.1) is 11.5 Å². The number of amides is 1. The van der Waals surface area contributed by atoms with Crippen LogP contribution >= 0.6 is 0 Å². The van der Waals surface area contributed by atoms with E-state index in [1.54, 1.807) is 12.1 Å². The van der Waals surface area contributed by atoms with Gasteiger partial charge in [0.25, 0.3) is 0 Å². The van der Waals surface area contributed by atoms with Crippen molar-refractivity contribution in [1.82, 2.24) is 4.31 Å². The van der Waals surface area contributed by atoms with Gasteiger partial charge in [-0.2, -0.15) is 4.31 Å². The van der Waals surface area contributed by atoms with Crippen molar-refractivity contribution in [3.8, 4) is 0 Å². The number of nitrogens with zero attached hydrogens (tertiary/aromatic N) is 1. The Bertz CT molecular complexity index is 732. The van der Waals surface area contributed by atoms with Crippen molar-refractivity contribution in [2.24, 2.45) is 5.73 Å². The van der Waals surface area contributed by atoms with E-state index in [0.29, 0.717) is 12.8 Å². The van der Waals surface area contributed by atoms with E-state index < -0.39 is 21.5 Å². The molecule has 1 aliphatic carbocycles. The average molecular weight is 338 g/mol. The minimum absolute atomic E-state index is 0.0213. The molecule has 1 aromatic carbocycles. The normalized spacial score (nSPS) is 24.7. The van der Waals surface area contributed by atoms with Crippen molar-refractivity contribution in [3.63, 3.8) is 0 Å². The second kappa shape index (κ2) is 5.89. The molecule has 1 atom stereocenters. The summed E-state index contributed by atoms with van der Waals surface area (Å²) in [6.45, 7) is 0.262. The molecule has 0 spiro atoms. The molecule has 1 heterocycles. The molecule has 0 saturated carbocycles. The zero-order valence-corrected chi connectivity index (χ0v) is 14.1. The maximum absolute atomic E-state index is 13.1. The lowest BCUT2D eigenvalue weighted by Crippen LogP contribution is -2.58. The molecule has 1 unspecified atom stereocenters. The van der Waals surface area contributed by atoms with Crippen molar-refractivity contribution in [1.29, 1.82) is 0 Å². The number of rotatable bonds is 5. The van der Waals surface area contributed by atoms with Crippen LogP contribution in [0.2, 0.25) is 0 Å². The Hall–Kier alpha value is -1.44. The molecule has 3 rings (SSSR count). The van der Waals surface area contributed by atoms with Crippen molar-refractivity contribution in [3.05, 3.63) is 29.3 Å². The van der Waals surface area contributed by atoms with E-state index >= 15 is 0 Å². The lowest BCUT2D eigenvalue weighted by atomic mass is 9.98. The van der Waals surface area contributed by atoms with Gasteiger partial charge in [0.15, 0.2) is 0 Å². The predicted molar refractivity (Wildman–Crippen MR) is 85.4 cm³/mol. The molecule has 1 aromatic rings. The van der Waals surface area contributed by atoms with Gasteiger partial charge in [-0.1, -0.05) is 6.07 Å². The highest BCUT2D eigenvalue weighted by molar-refractivity contribution is 7.89. The van der Waals surface area contributed by atoms with Gasteiger partial charge in [0.2, 0.25) is 15.9 Å². The molecule has 0 bridgehead atoms. The third-order valence-corrected chi connectivity index (χ3v) is 6.89. The molecule has 1 aliphatic heterocycles. The average Bonchev–Trinajstić information content (AvgIpc) is 3.13. The number of sulfonamides is 1. The number of carbonyl (C=O) groups is 1. The fourth-order valence-corrected chi connectivity index (χ4v) is 5.59. The molecule has 0 radical (unpaired) electrons. The summed E-state index contributed by atoms with van der Waals surface area (Å²) < 4.78 is 32.5. The SMILES string of the molecule is COCC1(C(N)=O)CCCN1S(=O)(=O)c1ccc2c(c1)CCC2. The van der Waals surface area contributed by atoms with Crippen molar-refractivity contribution in [2.75, 3.05) is 20.3 Å². The first-order valence-electron chi connectivity index (χ1n) is 7.85. The fourth-order valence-electron chi connectivity index (χ4n) is 3.74. The summed E-state index contributed by atoms with van der Waals surface area (Å²) >= 11 is 0. The Kier molecular flexibility index (Phi) is 4.20. The highest BCUT2D eigenvalue weighted by atomic mass is 32.2. The van der Waals surface area contributed by atoms with Gasteiger partial charge in [-0.15, -0.1) is 0 Å². The molecule has 7 heteroatoms. The Morgan fingerprint density at radius 2 is 2.04 bits per heavy atom. The largest absolute Gasteiger partial charge is 0.382 e. The van der Waals surface area contributed by atoms with Crippen LogP contribution in [0.4, 0.5) is 0 Å². The molecular weight excluding hydrogens is 316 g/mol. The second-order valence-electron chi connectivity index (χ2n) is 6.29. The number of carbonyl (C=O) groups excluding carboxylic acids is 1. The van der Waals surface area contributed by atoms with E-state index in [-0.39, 0.29) is 18.0 Å². The number of primary amides is 1. The molecule has 1 saturated heterocycles. The number of methoxy groups -OCH3 is 1. The van der Waals surface area contributed by atoms with Crippen molar-refractivity contribution in [2.45, 2.75) is 42.5 Å². The van der Waals surface area contributed by atoms with E-state index in [0.717, 1.165) is 24.8 Å². The summed E-state index contributed by atoms with van der Waals surface area (Å²) in [4.78, 5) is 12.3. The zero-order chi connectivity index (χ0) is 16.7. The van der Waals surface area contributed by atoms with Gasteiger partial charge in [-0.25, -0.2) is 8.42 Å². The fraction of sp³-hybridized carbons (Fsp3) is 0.562. The van der Waals surface area contributed by atoms with Gasteiger partial charge < -0.3 is 10.5 Å². The van der Waals surface area contributed by atoms with Crippen molar-refractivity contribution < 1.29 is 17.9 Å². The number of ether oxygens (including phenoxy) is 1. The zero-order valence-electron chi connectivity index (χ0n) is 13.2. The molecule has 126 valence electrons. The number of fused-ring (bicyclic) bond motifs is 1. The number of hydrogen-bond acceptors (Lipinski definition) is 4. The first-order chi connectivity index (χ1) is 10.9. The van der Waals surface area contributed by atoms with Crippen LogP contribution < -0.4 is 5.73 Å². The molecule has 1 fully saturated rings. The van der Waals surface area contributed by atoms with E-state index in [4.69, 9.17) is 10.5 Å². The van der Waals surface area contributed by atoms with Crippen LogP contribution in [0.5, 0.6) is 0 Å². The minimum Gasteiger partial charge on any atom is -0.382 e. The molecule has 23 heavy (non-hydrogen) atoms. The third-order valence-electron chi connectivity index (χ3n) is 4.93. The van der Waals surface area contributed by atoms with Crippen LogP contribution in [-0.4, -0.2) is 44.4 Å². The molecule has 2 N–H and O–H groups in total. The summed E-state index contributed by atoms with van der Waals surface area (Å²) in [5.74, 6) is -0.651. The molecular formula is C16H22N2O4S. The van der Waals surface area contributed by atoms with Crippen LogP contribution in [0.3, 0.4) is 0 Å². The number of hydrogen-bond donors (Lipinski definition) is 1. The second-order valence-corrected chi connectivity index (χ2v) is 8.16. The number of aryl methyl sites for hydroxylation is 2. The minimum atomic E-state index is -3.78. The van der Waals surface area contributed by atoms with Gasteiger partial charge in [-0.3, -0.25) is 4.79 Å². The lowest BCUT2D eigenvalue weighted by Gasteiger charge is -2.34. The number of nitrogens with two attached hydrogens (primary N) is 1. The summed E-state index contributed by atoms with van der Waals surface area (Å²) in [5.41, 5.74) is 6.56. The Morgan fingerprint density at radius 3 is 2.74 bits per heavy atom. The highest BCUT2D eigenvalue weighted by Gasteiger charge is 2.52. The van der Waals surface area contributed by atoms with Crippen LogP contribution in [0.1, 0.15) is 30.4 Å². The predicted octanol–water partition coefficient (Wildman–Crippen LogP) is 0.830. The number of benzene rings is 1. The van der Waals surface area contributed by atoms with Crippen molar-refractivity contribution >= 4 is 15.9 Å². The maximum atomic E-state index is 13.1. The van der Waals surface area contributed by atoms with Gasteiger partial charge >= 0.3 is 0 Å². The summed E-state index contributed by atoms with van der Waals surface area (Å²) in [5, 5.41) is 0. The molecule has 1 amide bonds. The standard InChI is InChI=1S/C16H22N2O4S/c1-22-11-16(15(17)19)8-3-9-18(16)23(20,21)14-7-6-12-4-2-5-13(12)10-14/h6-7,10H,2-5,8-9,11H2,1H3,(H2,17,19). The Morgan fingerprint density at radius 1 is 1.30 bits per heavy atom. The first-order valence-corrected chi connectivity index (χ1v) is 9.29. The van der Waals surface area contributed by atoms with Gasteiger partial charge in [-0.05, 0) is 55.4 Å². The maximum Gasteiger partial charge on any atom is 0.244 e. The lowest BCUT2D eigenvalue weighted by molar-refractivity contribution is -0.128. The summed E-state index contributed by atoms with van der Waals surface area (Å²) in [6, 6.07) is 5.26. The van der Waals surface area contributed by atoms with Crippen LogP contribution in [0.25, 0.3) is 0 Å². The Labute approximate surface area is 136 Å². The van der Waals surface area contributed by atoms with E-state index in [9.17, 15) is 13.2 Å². The summed E-state index contributed by atoms with van der Waals surface area (Å²) in [6.07, 6.45) is 3.93. The van der Waals surface area contributed by atoms with Gasteiger partial charge in [0, 0.05) is 13.7 Å². The van der Waals surface area contributed by atoms with Crippen LogP contribution in [0, 0.1) is 0 Å². The third kappa shape index (κ3) is 2.56. The quantitative estimate of drug-likeness (QED) is 0.861. The van der Waals surface area contributed by atoms with Gasteiger partial charge in [0.1, 0.15) is 5.54 Å². The summed E-state index contributed by atoms with van der Waals surface area (Å²) in [7, 11) is -2.33. The van der Waals surface area contributed by atoms with Crippen LogP contribution in [-0.2, 0) is 32.4 Å². The molecule has 2 aliphatic rings. The first kappa shape index (κ1) is 16.4. The highest BCUT2D eigenvalue weighted by Crippen LogP contribution is 2.36.